The molecule has 1 saturated carbocycles. The molecule has 204 valence electrons. The minimum atomic E-state index is -1.01. The number of rotatable bonds is 7. The Labute approximate surface area is 238 Å². The second-order valence-electron chi connectivity index (χ2n) is 11.3. The third-order valence-corrected chi connectivity index (χ3v) is 9.09. The van der Waals surface area contributed by atoms with E-state index in [0.717, 1.165) is 47.4 Å². The number of benzene rings is 2. The van der Waals surface area contributed by atoms with Crippen LogP contribution in [-0.4, -0.2) is 38.5 Å². The number of carbonyl (C=O) groups is 1. The van der Waals surface area contributed by atoms with Gasteiger partial charge in [-0.2, -0.15) is 0 Å². The molecule has 7 rings (SSSR count). The average molecular weight is 554 g/mol. The number of likely N-dealkylation sites (tertiary alicyclic amines) is 1. The Morgan fingerprint density at radius 1 is 1.10 bits per heavy atom. The van der Waals surface area contributed by atoms with E-state index in [1.165, 1.54) is 42.4 Å². The van der Waals surface area contributed by atoms with Crippen LogP contribution in [0.5, 0.6) is 11.5 Å². The van der Waals surface area contributed by atoms with E-state index in [-0.39, 0.29) is 5.56 Å². The van der Waals surface area contributed by atoms with Gasteiger partial charge in [0.25, 0.3) is 0 Å². The molecule has 2 N–H and O–H groups in total. The van der Waals surface area contributed by atoms with E-state index >= 15 is 0 Å². The largest absolute Gasteiger partial charge is 0.478 e. The first-order valence-electron chi connectivity index (χ1n) is 14.3. The smallest absolute Gasteiger partial charge is 0.339 e. The molecule has 0 radical (unpaired) electrons. The lowest BCUT2D eigenvalue weighted by molar-refractivity contribution is 0.0694. The van der Waals surface area contributed by atoms with Crippen LogP contribution in [0.3, 0.4) is 0 Å². The summed E-state index contributed by atoms with van der Waals surface area (Å²) in [7, 11) is 0. The Hall–Kier alpha value is -3.61. The lowest BCUT2D eigenvalue weighted by Crippen LogP contribution is -2.36. The first-order valence-corrected chi connectivity index (χ1v) is 14.6. The Bertz CT molecular complexity index is 1620. The minimum Gasteiger partial charge on any atom is -0.478 e. The predicted molar refractivity (Wildman–Crippen MR) is 157 cm³/mol. The molecule has 40 heavy (non-hydrogen) atoms. The number of aromatic amines is 1. The number of carboxylic acid groups (broad SMARTS) is 1. The Balaban J connectivity index is 1.12. The standard InChI is InChI=1S/C33H32ClN3O3/c34-28-4-1-3-26(31(28)21-6-7-21)29-5-2-16-37(29)24-11-8-20(9-12-24)22-10-13-27(33(38)39)30(18-22)40-25-17-23-14-15-35-32(23)36-19-25/h1,3-4,8,10,13-15,17-19,21,24,29H,2,5-7,9,11-12,16H2,(H,35,36)(H,38,39). The molecule has 2 aromatic carbocycles. The van der Waals surface area contributed by atoms with E-state index < -0.39 is 5.97 Å². The fraction of sp³-hybridized carbons (Fsp3) is 0.333. The molecule has 2 atom stereocenters. The topological polar surface area (TPSA) is 78.4 Å². The van der Waals surface area contributed by atoms with Crippen LogP contribution in [0.25, 0.3) is 16.6 Å². The van der Waals surface area contributed by atoms with Crippen molar-refractivity contribution >= 4 is 34.2 Å². The number of allylic oxidation sites excluding steroid dienone is 1. The third-order valence-electron chi connectivity index (χ3n) is 8.76. The maximum absolute atomic E-state index is 12.0. The molecule has 2 fully saturated rings. The van der Waals surface area contributed by atoms with Crippen LogP contribution in [0, 0.1) is 0 Å². The number of carboxylic acids is 1. The monoisotopic (exact) mass is 553 g/mol. The number of H-pyrrole nitrogens is 1. The highest BCUT2D eigenvalue weighted by Crippen LogP contribution is 2.49. The summed E-state index contributed by atoms with van der Waals surface area (Å²) >= 11 is 6.70. The van der Waals surface area contributed by atoms with Crippen molar-refractivity contribution in [2.75, 3.05) is 6.54 Å². The van der Waals surface area contributed by atoms with Crippen molar-refractivity contribution in [3.8, 4) is 11.5 Å². The summed E-state index contributed by atoms with van der Waals surface area (Å²) in [4.78, 5) is 22.1. The zero-order valence-electron chi connectivity index (χ0n) is 22.3. The van der Waals surface area contributed by atoms with Gasteiger partial charge in [-0.3, -0.25) is 4.90 Å². The van der Waals surface area contributed by atoms with Crippen molar-refractivity contribution < 1.29 is 14.6 Å². The van der Waals surface area contributed by atoms with Crippen molar-refractivity contribution in [1.29, 1.82) is 0 Å². The zero-order chi connectivity index (χ0) is 27.2. The van der Waals surface area contributed by atoms with Crippen LogP contribution < -0.4 is 4.74 Å². The van der Waals surface area contributed by atoms with Gasteiger partial charge in [0.2, 0.25) is 0 Å². The van der Waals surface area contributed by atoms with E-state index in [4.69, 9.17) is 16.3 Å². The van der Waals surface area contributed by atoms with Gasteiger partial charge < -0.3 is 14.8 Å². The molecule has 0 amide bonds. The summed E-state index contributed by atoms with van der Waals surface area (Å²) in [6.07, 6.45) is 13.7. The van der Waals surface area contributed by atoms with Gasteiger partial charge in [-0.15, -0.1) is 0 Å². The Kier molecular flexibility index (Phi) is 6.60. The molecule has 7 heteroatoms. The summed E-state index contributed by atoms with van der Waals surface area (Å²) in [5.41, 5.74) is 6.00. The molecule has 3 aliphatic rings. The maximum Gasteiger partial charge on any atom is 0.339 e. The van der Waals surface area contributed by atoms with Crippen LogP contribution in [0.2, 0.25) is 5.02 Å². The van der Waals surface area contributed by atoms with E-state index in [2.05, 4.69) is 39.1 Å². The number of nitrogens with zero attached hydrogens (tertiary/aromatic N) is 2. The molecule has 3 heterocycles. The van der Waals surface area contributed by atoms with Crippen LogP contribution in [-0.2, 0) is 0 Å². The number of ether oxygens (including phenoxy) is 1. The first-order chi connectivity index (χ1) is 19.5. The summed E-state index contributed by atoms with van der Waals surface area (Å²) < 4.78 is 6.09. The second kappa shape index (κ2) is 10.4. The normalized spacial score (nSPS) is 21.5. The van der Waals surface area contributed by atoms with E-state index in [0.29, 0.717) is 29.5 Å². The van der Waals surface area contributed by atoms with Gasteiger partial charge in [0.05, 0.1) is 6.20 Å². The third kappa shape index (κ3) is 4.80. The van der Waals surface area contributed by atoms with Gasteiger partial charge in [0, 0.05) is 28.7 Å². The first kappa shape index (κ1) is 25.4. The van der Waals surface area contributed by atoms with Gasteiger partial charge in [-0.25, -0.2) is 9.78 Å². The molecule has 0 spiro atoms. The van der Waals surface area contributed by atoms with Crippen LogP contribution in [0.15, 0.2) is 67.0 Å². The number of hydrogen-bond donors (Lipinski definition) is 2. The number of aromatic carboxylic acids is 1. The van der Waals surface area contributed by atoms with Gasteiger partial charge in [-0.1, -0.05) is 35.9 Å². The number of aromatic nitrogens is 2. The van der Waals surface area contributed by atoms with Gasteiger partial charge in [0.15, 0.2) is 0 Å². The number of nitrogens with one attached hydrogen (secondary N) is 1. The van der Waals surface area contributed by atoms with Gasteiger partial charge in [-0.05, 0) is 110 Å². The van der Waals surface area contributed by atoms with E-state index in [1.54, 1.807) is 12.3 Å². The fourth-order valence-electron chi connectivity index (χ4n) is 6.68. The minimum absolute atomic E-state index is 0.139. The van der Waals surface area contributed by atoms with Crippen LogP contribution in [0.4, 0.5) is 0 Å². The molecule has 1 saturated heterocycles. The van der Waals surface area contributed by atoms with Crippen LogP contribution in [0.1, 0.15) is 84.0 Å². The molecule has 0 bridgehead atoms. The maximum atomic E-state index is 12.0. The van der Waals surface area contributed by atoms with Crippen LogP contribution >= 0.6 is 11.6 Å². The number of pyridine rings is 1. The highest BCUT2D eigenvalue weighted by atomic mass is 35.5. The van der Waals surface area contributed by atoms with Crippen molar-refractivity contribution in [2.45, 2.75) is 62.9 Å². The molecule has 2 unspecified atom stereocenters. The summed E-state index contributed by atoms with van der Waals surface area (Å²) in [6, 6.07) is 16.6. The number of hydrogen-bond acceptors (Lipinski definition) is 4. The lowest BCUT2D eigenvalue weighted by atomic mass is 9.88. The predicted octanol–water partition coefficient (Wildman–Crippen LogP) is 8.36. The highest BCUT2D eigenvalue weighted by Gasteiger charge is 2.37. The van der Waals surface area contributed by atoms with Gasteiger partial charge in [0.1, 0.15) is 22.7 Å². The molecule has 6 nitrogen and oxygen atoms in total. The zero-order valence-corrected chi connectivity index (χ0v) is 23.0. The molecular formula is C33H32ClN3O3. The van der Waals surface area contributed by atoms with E-state index in [9.17, 15) is 9.90 Å². The quantitative estimate of drug-likeness (QED) is 0.240. The molecular weight excluding hydrogens is 522 g/mol. The molecule has 2 aromatic heterocycles. The second-order valence-corrected chi connectivity index (χ2v) is 11.7. The SMILES string of the molecule is O=C(O)c1ccc(C2=CCC(N3CCCC3c3cccc(Cl)c3C3CC3)CC2)cc1Oc1cnc2[nH]ccc2c1. The number of halogens is 1. The summed E-state index contributed by atoms with van der Waals surface area (Å²) in [6.45, 7) is 1.12. The molecule has 1 aliphatic heterocycles. The molecule has 4 aromatic rings. The summed E-state index contributed by atoms with van der Waals surface area (Å²) in [5, 5.41) is 11.6. The fourth-order valence-corrected chi connectivity index (χ4v) is 7.01. The van der Waals surface area contributed by atoms with Gasteiger partial charge >= 0.3 is 5.97 Å². The Morgan fingerprint density at radius 2 is 2.00 bits per heavy atom. The molecule has 2 aliphatic carbocycles. The van der Waals surface area contributed by atoms with Crippen molar-refractivity contribution in [1.82, 2.24) is 14.9 Å². The average Bonchev–Trinajstić information content (AvgIpc) is 3.48. The van der Waals surface area contributed by atoms with Crippen molar-refractivity contribution in [3.63, 3.8) is 0 Å². The van der Waals surface area contributed by atoms with Crippen molar-refractivity contribution in [3.05, 3.63) is 94.3 Å². The lowest BCUT2D eigenvalue weighted by Gasteiger charge is -2.36. The number of fused-ring (bicyclic) bond motifs is 1. The summed E-state index contributed by atoms with van der Waals surface area (Å²) in [5.74, 6) is 0.463. The van der Waals surface area contributed by atoms with Crippen molar-refractivity contribution in [2.24, 2.45) is 0 Å². The Morgan fingerprint density at radius 3 is 2.80 bits per heavy atom. The highest BCUT2D eigenvalue weighted by molar-refractivity contribution is 6.31. The van der Waals surface area contributed by atoms with E-state index in [1.807, 2.05) is 30.5 Å².